The van der Waals surface area contributed by atoms with Crippen LogP contribution in [0.1, 0.15) is 33.5 Å². The minimum absolute atomic E-state index is 0.0103. The molecule has 8 nitrogen and oxygen atoms in total. The number of aliphatic hydroxyl groups excluding tert-OH is 1. The minimum Gasteiger partial charge on any atom is -0.503 e. The molecule has 1 aliphatic rings. The maximum absolute atomic E-state index is 14.0. The highest BCUT2D eigenvalue weighted by molar-refractivity contribution is 8.00. The highest BCUT2D eigenvalue weighted by Crippen LogP contribution is 2.43. The number of halogens is 1. The van der Waals surface area contributed by atoms with Gasteiger partial charge in [0, 0.05) is 18.1 Å². The molecule has 176 valence electrons. The fourth-order valence-electron chi connectivity index (χ4n) is 3.70. The van der Waals surface area contributed by atoms with Crippen molar-refractivity contribution in [3.63, 3.8) is 0 Å². The van der Waals surface area contributed by atoms with Crippen LogP contribution in [0.15, 0.2) is 81.0 Å². The summed E-state index contributed by atoms with van der Waals surface area (Å²) in [5.41, 5.74) is 0.952. The summed E-state index contributed by atoms with van der Waals surface area (Å²) in [6, 6.07) is 11.9. The van der Waals surface area contributed by atoms with Crippen molar-refractivity contribution in [3.05, 3.63) is 101 Å². The number of thioether (sulfide) groups is 1. The van der Waals surface area contributed by atoms with Crippen LogP contribution in [0.2, 0.25) is 0 Å². The number of nitrogens with zero attached hydrogens (tertiary/aromatic N) is 4. The summed E-state index contributed by atoms with van der Waals surface area (Å²) in [6.45, 7) is 1.69. The first-order valence-corrected chi connectivity index (χ1v) is 12.2. The van der Waals surface area contributed by atoms with E-state index < -0.39 is 23.5 Å². The number of hydrogen-bond acceptors (Lipinski definition) is 9. The summed E-state index contributed by atoms with van der Waals surface area (Å²) < 4.78 is 19.9. The van der Waals surface area contributed by atoms with Gasteiger partial charge in [-0.3, -0.25) is 19.5 Å². The molecule has 4 aromatic rings. The molecule has 0 saturated carbocycles. The number of rotatable bonds is 7. The first-order valence-electron chi connectivity index (χ1n) is 10.4. The number of ketones is 1. The van der Waals surface area contributed by atoms with Crippen molar-refractivity contribution in [2.75, 3.05) is 4.90 Å². The molecule has 0 saturated heterocycles. The number of hydrogen-bond donors (Lipinski definition) is 1. The number of carbonyl (C=O) groups is 2. The van der Waals surface area contributed by atoms with Crippen LogP contribution in [-0.4, -0.2) is 32.0 Å². The third-order valence-electron chi connectivity index (χ3n) is 5.35. The van der Waals surface area contributed by atoms with E-state index >= 15 is 0 Å². The number of aromatic nitrogens is 3. The fourth-order valence-corrected chi connectivity index (χ4v) is 5.55. The zero-order valence-electron chi connectivity index (χ0n) is 18.2. The monoisotopic (exact) mass is 508 g/mol. The number of aryl methyl sites for hydroxylation is 1. The molecule has 1 N–H and O–H groups in total. The maximum atomic E-state index is 14.0. The Hall–Kier alpha value is -3.83. The van der Waals surface area contributed by atoms with Crippen molar-refractivity contribution in [1.82, 2.24) is 15.2 Å². The number of Topliss-reactive ketones (excluding diaryl/α,β-unsaturated/α-hetero) is 1. The lowest BCUT2D eigenvalue weighted by Crippen LogP contribution is -2.31. The van der Waals surface area contributed by atoms with Gasteiger partial charge in [0.2, 0.25) is 10.9 Å². The summed E-state index contributed by atoms with van der Waals surface area (Å²) in [7, 11) is 0. The Bertz CT molecular complexity index is 1450. The van der Waals surface area contributed by atoms with Crippen LogP contribution in [0.5, 0.6) is 0 Å². The lowest BCUT2D eigenvalue weighted by Gasteiger charge is -2.23. The number of amides is 1. The predicted molar refractivity (Wildman–Crippen MR) is 128 cm³/mol. The Morgan fingerprint density at radius 3 is 2.66 bits per heavy atom. The van der Waals surface area contributed by atoms with E-state index in [1.807, 2.05) is 0 Å². The molecule has 0 radical (unpaired) electrons. The molecule has 0 spiro atoms. The summed E-state index contributed by atoms with van der Waals surface area (Å²) in [5.74, 6) is -1.52. The second-order valence-electron chi connectivity index (χ2n) is 7.59. The number of benzene rings is 1. The number of anilines is 1. The van der Waals surface area contributed by atoms with Crippen molar-refractivity contribution in [3.8, 4) is 0 Å². The predicted octanol–water partition coefficient (Wildman–Crippen LogP) is 5.05. The van der Waals surface area contributed by atoms with Gasteiger partial charge in [0.15, 0.2) is 15.9 Å². The Balaban J connectivity index is 1.48. The first-order chi connectivity index (χ1) is 16.9. The van der Waals surface area contributed by atoms with Gasteiger partial charge in [0.25, 0.3) is 5.91 Å². The second kappa shape index (κ2) is 9.43. The van der Waals surface area contributed by atoms with Gasteiger partial charge >= 0.3 is 0 Å². The normalized spacial score (nSPS) is 15.8. The molecule has 4 heterocycles. The Morgan fingerprint density at radius 2 is 1.94 bits per heavy atom. The Morgan fingerprint density at radius 1 is 1.17 bits per heavy atom. The summed E-state index contributed by atoms with van der Waals surface area (Å²) in [4.78, 5) is 31.7. The molecule has 1 amide bonds. The highest BCUT2D eigenvalue weighted by Gasteiger charge is 2.46. The molecular weight excluding hydrogens is 491 g/mol. The lowest BCUT2D eigenvalue weighted by atomic mass is 9.96. The van der Waals surface area contributed by atoms with Crippen LogP contribution in [0, 0.1) is 12.7 Å². The van der Waals surface area contributed by atoms with E-state index in [4.69, 9.17) is 4.42 Å². The van der Waals surface area contributed by atoms with Crippen molar-refractivity contribution in [2.45, 2.75) is 23.1 Å². The van der Waals surface area contributed by atoms with Crippen molar-refractivity contribution in [2.24, 2.45) is 0 Å². The van der Waals surface area contributed by atoms with E-state index in [0.29, 0.717) is 27.0 Å². The van der Waals surface area contributed by atoms with Gasteiger partial charge in [-0.05, 0) is 48.4 Å². The number of pyridine rings is 1. The van der Waals surface area contributed by atoms with E-state index in [1.165, 1.54) is 41.2 Å². The Kier molecular flexibility index (Phi) is 6.18. The molecule has 1 aliphatic heterocycles. The van der Waals surface area contributed by atoms with Crippen LogP contribution >= 0.6 is 23.1 Å². The molecule has 11 heteroatoms. The smallest absolute Gasteiger partial charge is 0.296 e. The quantitative estimate of drug-likeness (QED) is 0.210. The third kappa shape index (κ3) is 4.35. The molecule has 1 unspecified atom stereocenters. The average Bonchev–Trinajstić information content (AvgIpc) is 3.57. The molecule has 1 aromatic carbocycles. The fraction of sp³-hybridized carbons (Fsp3) is 0.125. The van der Waals surface area contributed by atoms with Gasteiger partial charge in [-0.2, -0.15) is 0 Å². The first kappa shape index (κ1) is 22.9. The van der Waals surface area contributed by atoms with Crippen molar-refractivity contribution >= 4 is 39.9 Å². The van der Waals surface area contributed by atoms with Crippen LogP contribution in [0.25, 0.3) is 0 Å². The molecule has 5 rings (SSSR count). The van der Waals surface area contributed by atoms with Crippen LogP contribution < -0.4 is 4.90 Å². The summed E-state index contributed by atoms with van der Waals surface area (Å²) >= 11 is 2.38. The molecule has 3 aromatic heterocycles. The molecule has 0 aliphatic carbocycles. The standard InChI is InChI=1S/C24H17FN4O4S2/c1-13-6-7-17(33-13)20(30)18-19(14-8-10-26-11-9-14)29(22(32)21(18)31)23-27-28-24(35-23)34-12-15-4-2-3-5-16(15)25/h2-11,19,31H,12H2,1H3. The largest absolute Gasteiger partial charge is 0.503 e. The third-order valence-corrected chi connectivity index (χ3v) is 7.45. The number of carbonyl (C=O) groups excluding carboxylic acids is 2. The number of furan rings is 1. The lowest BCUT2D eigenvalue weighted by molar-refractivity contribution is -0.117. The minimum atomic E-state index is -0.958. The van der Waals surface area contributed by atoms with Gasteiger partial charge < -0.3 is 9.52 Å². The van der Waals surface area contributed by atoms with E-state index in [-0.39, 0.29) is 22.3 Å². The average molecular weight is 509 g/mol. The molecule has 0 bridgehead atoms. The summed E-state index contributed by atoms with van der Waals surface area (Å²) in [6.07, 6.45) is 3.06. The zero-order valence-corrected chi connectivity index (χ0v) is 19.8. The second-order valence-corrected chi connectivity index (χ2v) is 9.77. The van der Waals surface area contributed by atoms with Gasteiger partial charge in [-0.25, -0.2) is 4.39 Å². The molecule has 0 fully saturated rings. The molecular formula is C24H17FN4O4S2. The van der Waals surface area contributed by atoms with Crippen LogP contribution in [0.3, 0.4) is 0 Å². The van der Waals surface area contributed by atoms with Crippen LogP contribution in [0.4, 0.5) is 9.52 Å². The topological polar surface area (TPSA) is 109 Å². The van der Waals surface area contributed by atoms with Gasteiger partial charge in [-0.15, -0.1) is 10.2 Å². The maximum Gasteiger partial charge on any atom is 0.296 e. The SMILES string of the molecule is Cc1ccc(C(=O)C2=C(O)C(=O)N(c3nnc(SCc4ccccc4F)s3)C2c2ccncc2)o1. The van der Waals surface area contributed by atoms with E-state index in [9.17, 15) is 19.1 Å². The van der Waals surface area contributed by atoms with Gasteiger partial charge in [0.05, 0.1) is 11.6 Å². The van der Waals surface area contributed by atoms with Gasteiger partial charge in [0.1, 0.15) is 11.6 Å². The van der Waals surface area contributed by atoms with E-state index in [0.717, 1.165) is 11.3 Å². The van der Waals surface area contributed by atoms with E-state index in [2.05, 4.69) is 15.2 Å². The van der Waals surface area contributed by atoms with Crippen LogP contribution in [-0.2, 0) is 10.5 Å². The highest BCUT2D eigenvalue weighted by atomic mass is 32.2. The zero-order chi connectivity index (χ0) is 24.5. The Labute approximate surface area is 207 Å². The van der Waals surface area contributed by atoms with Crippen molar-refractivity contribution < 1.29 is 23.5 Å². The molecule has 1 atom stereocenters. The van der Waals surface area contributed by atoms with E-state index in [1.54, 1.807) is 43.3 Å². The van der Waals surface area contributed by atoms with Crippen molar-refractivity contribution in [1.29, 1.82) is 0 Å². The molecule has 35 heavy (non-hydrogen) atoms. The number of aliphatic hydroxyl groups is 1. The summed E-state index contributed by atoms with van der Waals surface area (Å²) in [5, 5.41) is 19.2. The van der Waals surface area contributed by atoms with Gasteiger partial charge in [-0.1, -0.05) is 41.3 Å².